The van der Waals surface area contributed by atoms with Gasteiger partial charge < -0.3 is 9.47 Å². The Balaban J connectivity index is 1.33. The lowest BCUT2D eigenvalue weighted by molar-refractivity contribution is -0.138. The second-order valence-electron chi connectivity index (χ2n) is 11.8. The monoisotopic (exact) mass is 595 g/mol. The Hall–Kier alpha value is -3.48. The van der Waals surface area contributed by atoms with Gasteiger partial charge in [-0.1, -0.05) is 19.1 Å². The third-order valence-corrected chi connectivity index (χ3v) is 8.80. The summed E-state index contributed by atoms with van der Waals surface area (Å²) in [5.74, 6) is -7.04. The zero-order chi connectivity index (χ0) is 30.2. The van der Waals surface area contributed by atoms with Crippen molar-refractivity contribution < 1.29 is 35.5 Å². The average molecular weight is 596 g/mol. The Kier molecular flexibility index (Phi) is 6.49. The van der Waals surface area contributed by atoms with E-state index in [0.29, 0.717) is 11.4 Å². The van der Waals surface area contributed by atoms with Gasteiger partial charge in [0.2, 0.25) is 0 Å². The molecule has 1 saturated carbocycles. The smallest absolute Gasteiger partial charge is 0.320 e. The lowest BCUT2D eigenvalue weighted by atomic mass is 9.61. The zero-order valence-corrected chi connectivity index (χ0v) is 22.9. The van der Waals surface area contributed by atoms with Crippen LogP contribution in [0.25, 0.3) is 0 Å². The molecule has 2 aromatic carbocycles. The molecule has 3 aromatic rings. The molecule has 2 fully saturated rings. The summed E-state index contributed by atoms with van der Waals surface area (Å²) >= 11 is 0. The summed E-state index contributed by atoms with van der Waals surface area (Å²) in [5.41, 5.74) is -1.48. The number of carbonyl (C=O) groups excluding carboxylic acids is 1. The molecule has 1 amide bonds. The molecule has 13 heteroatoms. The standard InChI is InChI=1S/C29H28F7N5O/c1-17-11-40(7-6-28(17,32)33)12-18-8-21-22(23(9-18)29(34,35)36)13-41(24(21)42)20-5-3-4-19(10-20)26(14-27(30,31)15-26)25-38-37-16-39(25)2/h3-5,8-10,16-17H,6-7,11-15H2,1-2H3/t17-/m1/s1. The maximum Gasteiger partial charge on any atom is 0.416 e. The minimum atomic E-state index is -4.76. The lowest BCUT2D eigenvalue weighted by Gasteiger charge is -2.46. The highest BCUT2D eigenvalue weighted by Crippen LogP contribution is 2.57. The molecule has 0 N–H and O–H groups in total. The summed E-state index contributed by atoms with van der Waals surface area (Å²) in [6, 6.07) is 8.72. The van der Waals surface area contributed by atoms with Crippen LogP contribution in [0.2, 0.25) is 0 Å². The molecule has 6 rings (SSSR count). The van der Waals surface area contributed by atoms with Crippen LogP contribution in [-0.2, 0) is 31.7 Å². The van der Waals surface area contributed by atoms with Crippen molar-refractivity contribution in [3.05, 3.63) is 76.4 Å². The summed E-state index contributed by atoms with van der Waals surface area (Å²) in [4.78, 5) is 16.5. The van der Waals surface area contributed by atoms with E-state index in [1.807, 2.05) is 0 Å². The van der Waals surface area contributed by atoms with E-state index in [1.165, 1.54) is 24.2 Å². The molecule has 1 saturated heterocycles. The number of piperidine rings is 1. The molecule has 1 aromatic heterocycles. The number of carbonyl (C=O) groups is 1. The first-order chi connectivity index (χ1) is 19.6. The lowest BCUT2D eigenvalue weighted by Crippen LogP contribution is -2.51. The maximum atomic E-state index is 14.2. The fraction of sp³-hybridized carbons (Fsp3) is 0.483. The first-order valence-electron chi connectivity index (χ1n) is 13.6. The van der Waals surface area contributed by atoms with Gasteiger partial charge in [0.05, 0.1) is 17.5 Å². The number of rotatable bonds is 5. The predicted octanol–water partition coefficient (Wildman–Crippen LogP) is 6.19. The van der Waals surface area contributed by atoms with Gasteiger partial charge in [-0.15, -0.1) is 10.2 Å². The molecule has 0 spiro atoms. The largest absolute Gasteiger partial charge is 0.416 e. The van der Waals surface area contributed by atoms with Crippen LogP contribution < -0.4 is 4.90 Å². The van der Waals surface area contributed by atoms with Crippen LogP contribution in [-0.4, -0.2) is 50.5 Å². The number of halogens is 7. The fourth-order valence-electron chi connectivity index (χ4n) is 6.60. The van der Waals surface area contributed by atoms with Crippen LogP contribution in [0, 0.1) is 5.92 Å². The second-order valence-corrected chi connectivity index (χ2v) is 11.8. The normalized spacial score (nSPS) is 23.1. The Morgan fingerprint density at radius 1 is 1.07 bits per heavy atom. The van der Waals surface area contributed by atoms with Gasteiger partial charge >= 0.3 is 6.18 Å². The highest BCUT2D eigenvalue weighted by atomic mass is 19.4. The van der Waals surface area contributed by atoms with Crippen LogP contribution in [0.15, 0.2) is 42.7 Å². The molecular formula is C29H28F7N5O. The molecule has 2 aliphatic heterocycles. The van der Waals surface area contributed by atoms with Crippen molar-refractivity contribution in [3.63, 3.8) is 0 Å². The zero-order valence-electron chi connectivity index (χ0n) is 22.9. The number of aromatic nitrogens is 3. The summed E-state index contributed by atoms with van der Waals surface area (Å²) in [6.45, 7) is 1.09. The predicted molar refractivity (Wildman–Crippen MR) is 138 cm³/mol. The number of alkyl halides is 7. The van der Waals surface area contributed by atoms with Crippen molar-refractivity contribution in [2.75, 3.05) is 18.0 Å². The van der Waals surface area contributed by atoms with Crippen LogP contribution in [0.1, 0.15) is 64.6 Å². The number of likely N-dealkylation sites (tertiary alicyclic amines) is 1. The van der Waals surface area contributed by atoms with E-state index < -0.39 is 60.1 Å². The summed E-state index contributed by atoms with van der Waals surface area (Å²) < 4.78 is 101. The van der Waals surface area contributed by atoms with Gasteiger partial charge in [-0.25, -0.2) is 17.6 Å². The van der Waals surface area contributed by atoms with Gasteiger partial charge in [0.15, 0.2) is 0 Å². The summed E-state index contributed by atoms with van der Waals surface area (Å²) in [5, 5.41) is 7.90. The van der Waals surface area contributed by atoms with E-state index >= 15 is 0 Å². The Morgan fingerprint density at radius 3 is 2.43 bits per heavy atom. The quantitative estimate of drug-likeness (QED) is 0.331. The van der Waals surface area contributed by atoms with Crippen molar-refractivity contribution in [2.45, 2.75) is 62.7 Å². The molecule has 224 valence electrons. The number of nitrogens with zero attached hydrogens (tertiary/aromatic N) is 5. The first-order valence-corrected chi connectivity index (χ1v) is 13.6. The van der Waals surface area contributed by atoms with Gasteiger partial charge in [0, 0.05) is 63.1 Å². The number of anilines is 1. The van der Waals surface area contributed by atoms with Crippen molar-refractivity contribution >= 4 is 11.6 Å². The molecule has 1 atom stereocenters. The highest BCUT2D eigenvalue weighted by molar-refractivity contribution is 6.10. The molecule has 6 nitrogen and oxygen atoms in total. The van der Waals surface area contributed by atoms with E-state index in [2.05, 4.69) is 10.2 Å². The molecule has 3 heterocycles. The van der Waals surface area contributed by atoms with Gasteiger partial charge in [0.25, 0.3) is 17.8 Å². The molecule has 42 heavy (non-hydrogen) atoms. The van der Waals surface area contributed by atoms with E-state index in [1.54, 1.807) is 40.8 Å². The molecule has 3 aliphatic rings. The Bertz CT molecular complexity index is 1540. The van der Waals surface area contributed by atoms with E-state index in [4.69, 9.17) is 0 Å². The SMILES string of the molecule is C[C@@H]1CN(Cc2cc3c(c(C(F)(F)F)c2)CN(c2cccc(C4(c5nncn5C)CC(F)(F)C4)c2)C3=O)CCC1(F)F. The number of aryl methyl sites for hydroxylation is 1. The first kappa shape index (κ1) is 28.6. The molecule has 0 unspecified atom stereocenters. The number of benzene rings is 2. The number of hydrogen-bond acceptors (Lipinski definition) is 4. The molecule has 0 radical (unpaired) electrons. The number of hydrogen-bond donors (Lipinski definition) is 0. The van der Waals surface area contributed by atoms with E-state index in [-0.39, 0.29) is 48.6 Å². The number of amides is 1. The van der Waals surface area contributed by atoms with Gasteiger partial charge in [-0.05, 0) is 41.0 Å². The van der Waals surface area contributed by atoms with Crippen LogP contribution >= 0.6 is 0 Å². The van der Waals surface area contributed by atoms with Crippen molar-refractivity contribution in [1.82, 2.24) is 19.7 Å². The molecule has 0 bridgehead atoms. The topological polar surface area (TPSA) is 54.3 Å². The third kappa shape index (κ3) is 4.75. The van der Waals surface area contributed by atoms with Crippen LogP contribution in [0.3, 0.4) is 0 Å². The van der Waals surface area contributed by atoms with Crippen molar-refractivity contribution in [1.29, 1.82) is 0 Å². The highest BCUT2D eigenvalue weighted by Gasteiger charge is 2.60. The van der Waals surface area contributed by atoms with Gasteiger partial charge in [-0.3, -0.25) is 9.69 Å². The van der Waals surface area contributed by atoms with Crippen molar-refractivity contribution in [2.24, 2.45) is 13.0 Å². The van der Waals surface area contributed by atoms with Crippen LogP contribution in [0.4, 0.5) is 36.4 Å². The van der Waals surface area contributed by atoms with E-state index in [0.717, 1.165) is 6.07 Å². The molecular weight excluding hydrogens is 567 g/mol. The van der Waals surface area contributed by atoms with Crippen molar-refractivity contribution in [3.8, 4) is 0 Å². The minimum Gasteiger partial charge on any atom is -0.320 e. The van der Waals surface area contributed by atoms with Gasteiger partial charge in [0.1, 0.15) is 12.2 Å². The Morgan fingerprint density at radius 2 is 1.81 bits per heavy atom. The summed E-state index contributed by atoms with van der Waals surface area (Å²) in [6.07, 6.45) is -4.78. The maximum absolute atomic E-state index is 14.2. The van der Waals surface area contributed by atoms with Crippen LogP contribution in [0.5, 0.6) is 0 Å². The molecule has 1 aliphatic carbocycles. The average Bonchev–Trinajstić information content (AvgIpc) is 3.47. The Labute approximate surface area is 237 Å². The summed E-state index contributed by atoms with van der Waals surface area (Å²) in [7, 11) is 1.64. The number of fused-ring (bicyclic) bond motifs is 1. The fourth-order valence-corrected chi connectivity index (χ4v) is 6.60. The van der Waals surface area contributed by atoms with E-state index in [9.17, 15) is 35.5 Å². The third-order valence-electron chi connectivity index (χ3n) is 8.80. The van der Waals surface area contributed by atoms with Gasteiger partial charge in [-0.2, -0.15) is 13.2 Å². The minimum absolute atomic E-state index is 0.00598. The second kappa shape index (κ2) is 9.51.